The van der Waals surface area contributed by atoms with Crippen LogP contribution in [-0.4, -0.2) is 64.5 Å². The standard InChI is InChI=1S/C21H26N4O4S2/c1-4-29-10-5-9-24-20(27)16(31-21(24)30)12-15-18(22-8-11-28-3)23-17-7-6-14(2)13-25(17)19(15)26/h6-7,12-13,22H,4-5,8-11H2,1-3H3. The normalized spacial score (nSPS) is 15.5. The van der Waals surface area contributed by atoms with Gasteiger partial charge >= 0.3 is 0 Å². The van der Waals surface area contributed by atoms with E-state index in [0.29, 0.717) is 65.6 Å². The predicted molar refractivity (Wildman–Crippen MR) is 128 cm³/mol. The zero-order chi connectivity index (χ0) is 22.4. The Morgan fingerprint density at radius 3 is 2.84 bits per heavy atom. The minimum Gasteiger partial charge on any atom is -0.383 e. The Kier molecular flexibility index (Phi) is 8.19. The number of amides is 1. The first-order valence-electron chi connectivity index (χ1n) is 10.0. The number of rotatable bonds is 10. The molecule has 1 amide bonds. The number of hydrogen-bond donors (Lipinski definition) is 1. The van der Waals surface area contributed by atoms with E-state index in [1.54, 1.807) is 30.3 Å². The fraction of sp³-hybridized carbons (Fsp3) is 0.429. The minimum absolute atomic E-state index is 0.205. The zero-order valence-electron chi connectivity index (χ0n) is 17.8. The summed E-state index contributed by atoms with van der Waals surface area (Å²) in [4.78, 5) is 32.7. The first-order chi connectivity index (χ1) is 15.0. The summed E-state index contributed by atoms with van der Waals surface area (Å²) in [5, 5.41) is 3.14. The van der Waals surface area contributed by atoms with Crippen LogP contribution in [0.4, 0.5) is 5.82 Å². The summed E-state index contributed by atoms with van der Waals surface area (Å²) in [6.45, 7) is 6.45. The molecule has 2 aromatic heterocycles. The smallest absolute Gasteiger partial charge is 0.267 e. The maximum atomic E-state index is 13.3. The van der Waals surface area contributed by atoms with Crippen LogP contribution in [0.2, 0.25) is 0 Å². The molecule has 31 heavy (non-hydrogen) atoms. The molecule has 3 heterocycles. The lowest BCUT2D eigenvalue weighted by molar-refractivity contribution is -0.122. The van der Waals surface area contributed by atoms with Crippen LogP contribution in [0.1, 0.15) is 24.5 Å². The minimum atomic E-state index is -0.254. The van der Waals surface area contributed by atoms with Crippen molar-refractivity contribution < 1.29 is 14.3 Å². The van der Waals surface area contributed by atoms with Crippen molar-refractivity contribution >= 4 is 51.7 Å². The Labute approximate surface area is 190 Å². The van der Waals surface area contributed by atoms with Crippen LogP contribution in [0, 0.1) is 6.92 Å². The maximum absolute atomic E-state index is 13.3. The molecular formula is C21H26N4O4S2. The molecule has 1 saturated heterocycles. The number of methoxy groups -OCH3 is 1. The van der Waals surface area contributed by atoms with Crippen molar-refractivity contribution in [1.29, 1.82) is 0 Å². The Balaban J connectivity index is 1.96. The van der Waals surface area contributed by atoms with Gasteiger partial charge in [-0.05, 0) is 38.0 Å². The number of nitrogens with one attached hydrogen (secondary N) is 1. The van der Waals surface area contributed by atoms with E-state index in [1.807, 2.05) is 19.9 Å². The van der Waals surface area contributed by atoms with Gasteiger partial charge < -0.3 is 14.8 Å². The fourth-order valence-electron chi connectivity index (χ4n) is 3.09. The average molecular weight is 463 g/mol. The van der Waals surface area contributed by atoms with Crippen LogP contribution >= 0.6 is 24.0 Å². The van der Waals surface area contributed by atoms with Gasteiger partial charge in [-0.3, -0.25) is 18.9 Å². The van der Waals surface area contributed by atoms with Crippen LogP contribution in [0.15, 0.2) is 28.0 Å². The number of aromatic nitrogens is 2. The molecule has 1 fully saturated rings. The molecular weight excluding hydrogens is 436 g/mol. The van der Waals surface area contributed by atoms with Crippen molar-refractivity contribution in [2.75, 3.05) is 45.3 Å². The number of anilines is 1. The van der Waals surface area contributed by atoms with Gasteiger partial charge in [0.25, 0.3) is 11.5 Å². The van der Waals surface area contributed by atoms with Gasteiger partial charge in [0.05, 0.1) is 17.1 Å². The molecule has 1 aliphatic heterocycles. The summed E-state index contributed by atoms with van der Waals surface area (Å²) < 4.78 is 12.4. The van der Waals surface area contributed by atoms with Crippen LogP contribution in [0.5, 0.6) is 0 Å². The van der Waals surface area contributed by atoms with Crippen molar-refractivity contribution in [3.63, 3.8) is 0 Å². The number of carbonyl (C=O) groups is 1. The molecule has 0 spiro atoms. The number of nitrogens with zero attached hydrogens (tertiary/aromatic N) is 3. The second-order valence-corrected chi connectivity index (χ2v) is 8.59. The quantitative estimate of drug-likeness (QED) is 0.328. The molecule has 3 rings (SSSR count). The number of ether oxygens (including phenoxy) is 2. The van der Waals surface area contributed by atoms with Gasteiger partial charge in [0, 0.05) is 39.6 Å². The molecule has 166 valence electrons. The number of pyridine rings is 1. The first-order valence-corrected chi connectivity index (χ1v) is 11.3. The summed E-state index contributed by atoms with van der Waals surface area (Å²) in [6.07, 6.45) is 4.01. The highest BCUT2D eigenvalue weighted by Crippen LogP contribution is 2.33. The third-order valence-electron chi connectivity index (χ3n) is 4.63. The number of hydrogen-bond acceptors (Lipinski definition) is 8. The summed E-state index contributed by atoms with van der Waals surface area (Å²) in [7, 11) is 1.60. The zero-order valence-corrected chi connectivity index (χ0v) is 19.5. The number of aryl methyl sites for hydroxylation is 1. The van der Waals surface area contributed by atoms with Gasteiger partial charge in [-0.2, -0.15) is 0 Å². The number of carbonyl (C=O) groups excluding carboxylic acids is 1. The van der Waals surface area contributed by atoms with Crippen LogP contribution in [0.3, 0.4) is 0 Å². The third-order valence-corrected chi connectivity index (χ3v) is 6.01. The topological polar surface area (TPSA) is 85.2 Å². The van der Waals surface area contributed by atoms with E-state index in [-0.39, 0.29) is 11.5 Å². The van der Waals surface area contributed by atoms with Gasteiger partial charge in [-0.15, -0.1) is 0 Å². The molecule has 0 unspecified atom stereocenters. The molecule has 0 saturated carbocycles. The van der Waals surface area contributed by atoms with Gasteiger partial charge in [0.2, 0.25) is 0 Å². The van der Waals surface area contributed by atoms with E-state index >= 15 is 0 Å². The summed E-state index contributed by atoms with van der Waals surface area (Å²) in [5.74, 6) is 0.204. The summed E-state index contributed by atoms with van der Waals surface area (Å²) in [5.41, 5.74) is 1.52. The van der Waals surface area contributed by atoms with Crippen molar-refractivity contribution in [3.05, 3.63) is 44.7 Å². The Morgan fingerprint density at radius 1 is 1.29 bits per heavy atom. The molecule has 8 nitrogen and oxygen atoms in total. The van der Waals surface area contributed by atoms with Crippen LogP contribution < -0.4 is 10.9 Å². The van der Waals surface area contributed by atoms with Crippen molar-refractivity contribution in [1.82, 2.24) is 14.3 Å². The van der Waals surface area contributed by atoms with Crippen molar-refractivity contribution in [2.24, 2.45) is 0 Å². The van der Waals surface area contributed by atoms with Crippen LogP contribution in [-0.2, 0) is 14.3 Å². The lowest BCUT2D eigenvalue weighted by Crippen LogP contribution is -2.29. The molecule has 0 aromatic carbocycles. The molecule has 10 heteroatoms. The molecule has 0 atom stereocenters. The van der Waals surface area contributed by atoms with E-state index in [4.69, 9.17) is 21.7 Å². The summed E-state index contributed by atoms with van der Waals surface area (Å²) in [6, 6.07) is 3.69. The highest BCUT2D eigenvalue weighted by atomic mass is 32.2. The molecule has 1 aliphatic rings. The molecule has 0 bridgehead atoms. The average Bonchev–Trinajstić information content (AvgIpc) is 3.01. The van der Waals surface area contributed by atoms with E-state index in [1.165, 1.54) is 16.2 Å². The van der Waals surface area contributed by atoms with Gasteiger partial charge in [-0.25, -0.2) is 4.98 Å². The maximum Gasteiger partial charge on any atom is 0.267 e. The highest BCUT2D eigenvalue weighted by Gasteiger charge is 2.32. The monoisotopic (exact) mass is 462 g/mol. The van der Waals surface area contributed by atoms with Gasteiger partial charge in [-0.1, -0.05) is 30.0 Å². The predicted octanol–water partition coefficient (Wildman–Crippen LogP) is 2.69. The Morgan fingerprint density at radius 2 is 2.10 bits per heavy atom. The molecule has 0 radical (unpaired) electrons. The van der Waals surface area contributed by atoms with E-state index < -0.39 is 0 Å². The van der Waals surface area contributed by atoms with Crippen molar-refractivity contribution in [2.45, 2.75) is 20.3 Å². The van der Waals surface area contributed by atoms with E-state index in [9.17, 15) is 9.59 Å². The second kappa shape index (κ2) is 10.9. The van der Waals surface area contributed by atoms with Crippen LogP contribution in [0.25, 0.3) is 11.7 Å². The molecule has 1 N–H and O–H groups in total. The molecule has 2 aromatic rings. The SMILES string of the molecule is CCOCCCN1C(=O)C(=Cc2c(NCCOC)nc3ccc(C)cn3c2=O)SC1=S. The fourth-order valence-corrected chi connectivity index (χ4v) is 4.38. The largest absolute Gasteiger partial charge is 0.383 e. The highest BCUT2D eigenvalue weighted by molar-refractivity contribution is 8.26. The Hall–Kier alpha value is -2.27. The number of thioether (sulfide) groups is 1. The van der Waals surface area contributed by atoms with Gasteiger partial charge in [0.1, 0.15) is 15.8 Å². The van der Waals surface area contributed by atoms with E-state index in [2.05, 4.69) is 10.3 Å². The lowest BCUT2D eigenvalue weighted by Gasteiger charge is -2.14. The van der Waals surface area contributed by atoms with Gasteiger partial charge in [0.15, 0.2) is 0 Å². The van der Waals surface area contributed by atoms with Crippen molar-refractivity contribution in [3.8, 4) is 0 Å². The Bertz CT molecular complexity index is 1070. The third kappa shape index (κ3) is 5.51. The first kappa shape index (κ1) is 23.4. The molecule has 0 aliphatic carbocycles. The lowest BCUT2D eigenvalue weighted by atomic mass is 10.2. The number of fused-ring (bicyclic) bond motifs is 1. The van der Waals surface area contributed by atoms with E-state index in [0.717, 1.165) is 5.56 Å². The second-order valence-electron chi connectivity index (χ2n) is 6.92. The summed E-state index contributed by atoms with van der Waals surface area (Å²) >= 11 is 6.58. The number of thiocarbonyl (C=S) groups is 1.